The van der Waals surface area contributed by atoms with Gasteiger partial charge in [0.15, 0.2) is 0 Å². The van der Waals surface area contributed by atoms with Crippen LogP contribution in [0.2, 0.25) is 10.0 Å². The number of anilines is 1. The van der Waals surface area contributed by atoms with Gasteiger partial charge in [-0.15, -0.1) is 0 Å². The lowest BCUT2D eigenvalue weighted by Crippen LogP contribution is -2.22. The van der Waals surface area contributed by atoms with Crippen molar-refractivity contribution in [3.63, 3.8) is 0 Å². The molecular formula is C11H16Cl2N2. The first kappa shape index (κ1) is 12.6. The Labute approximate surface area is 101 Å². The summed E-state index contributed by atoms with van der Waals surface area (Å²) < 4.78 is 0. The van der Waals surface area contributed by atoms with Gasteiger partial charge < -0.3 is 10.6 Å². The van der Waals surface area contributed by atoms with E-state index in [-0.39, 0.29) is 0 Å². The molecule has 4 heteroatoms. The van der Waals surface area contributed by atoms with Crippen molar-refractivity contribution < 1.29 is 0 Å². The molecule has 0 heterocycles. The van der Waals surface area contributed by atoms with Gasteiger partial charge in [-0.2, -0.15) is 0 Å². The molecule has 0 fully saturated rings. The van der Waals surface area contributed by atoms with Crippen LogP contribution in [0.5, 0.6) is 0 Å². The van der Waals surface area contributed by atoms with E-state index in [2.05, 4.69) is 17.6 Å². The minimum Gasteiger partial charge on any atom is -0.383 e. The molecule has 0 spiro atoms. The largest absolute Gasteiger partial charge is 0.383 e. The van der Waals surface area contributed by atoms with Crippen LogP contribution in [-0.4, -0.2) is 19.6 Å². The normalized spacial score (nSPS) is 10.3. The quantitative estimate of drug-likeness (QED) is 0.753. The molecule has 0 atom stereocenters. The van der Waals surface area contributed by atoms with E-state index in [0.29, 0.717) is 10.0 Å². The van der Waals surface area contributed by atoms with Crippen molar-refractivity contribution in [2.75, 3.05) is 25.0 Å². The molecule has 0 aliphatic heterocycles. The zero-order valence-electron chi connectivity index (χ0n) is 8.82. The predicted molar refractivity (Wildman–Crippen MR) is 68.1 cm³/mol. The molecule has 2 N–H and O–H groups in total. The molecule has 1 aromatic rings. The topological polar surface area (TPSA) is 24.1 Å². The van der Waals surface area contributed by atoms with Gasteiger partial charge in [-0.3, -0.25) is 0 Å². The van der Waals surface area contributed by atoms with Crippen molar-refractivity contribution in [1.82, 2.24) is 5.32 Å². The zero-order chi connectivity index (χ0) is 11.1. The Balaban J connectivity index is 2.33. The van der Waals surface area contributed by atoms with E-state index in [0.717, 1.165) is 31.7 Å². The van der Waals surface area contributed by atoms with Gasteiger partial charge in [-0.1, -0.05) is 30.1 Å². The first-order chi connectivity index (χ1) is 7.24. The van der Waals surface area contributed by atoms with Crippen molar-refractivity contribution in [1.29, 1.82) is 0 Å². The second-order valence-corrected chi connectivity index (χ2v) is 4.14. The minimum absolute atomic E-state index is 0.698. The van der Waals surface area contributed by atoms with E-state index in [1.807, 2.05) is 6.07 Å². The molecule has 0 aromatic heterocycles. The van der Waals surface area contributed by atoms with Gasteiger partial charge in [0.2, 0.25) is 0 Å². The lowest BCUT2D eigenvalue weighted by Gasteiger charge is -2.09. The molecule has 1 rings (SSSR count). The Morgan fingerprint density at radius 2 is 1.93 bits per heavy atom. The maximum absolute atomic E-state index is 5.99. The highest BCUT2D eigenvalue weighted by atomic mass is 35.5. The van der Waals surface area contributed by atoms with Gasteiger partial charge in [0.05, 0.1) is 10.7 Å². The Kier molecular flexibility index (Phi) is 5.84. The number of hydrogen-bond acceptors (Lipinski definition) is 2. The first-order valence-electron chi connectivity index (χ1n) is 5.13. The van der Waals surface area contributed by atoms with Crippen LogP contribution in [-0.2, 0) is 0 Å². The van der Waals surface area contributed by atoms with Crippen LogP contribution in [0.25, 0.3) is 0 Å². The molecule has 15 heavy (non-hydrogen) atoms. The van der Waals surface area contributed by atoms with Crippen LogP contribution in [0.1, 0.15) is 13.3 Å². The van der Waals surface area contributed by atoms with Gasteiger partial charge in [0.1, 0.15) is 0 Å². The number of benzene rings is 1. The molecule has 2 nitrogen and oxygen atoms in total. The van der Waals surface area contributed by atoms with Crippen LogP contribution >= 0.6 is 23.2 Å². The second kappa shape index (κ2) is 6.94. The van der Waals surface area contributed by atoms with Crippen molar-refractivity contribution >= 4 is 28.9 Å². The summed E-state index contributed by atoms with van der Waals surface area (Å²) in [5.41, 5.74) is 0.891. The summed E-state index contributed by atoms with van der Waals surface area (Å²) in [5, 5.41) is 7.94. The number of nitrogens with one attached hydrogen (secondary N) is 2. The van der Waals surface area contributed by atoms with Crippen molar-refractivity contribution in [3.05, 3.63) is 28.2 Å². The van der Waals surface area contributed by atoms with Crippen molar-refractivity contribution in [2.24, 2.45) is 0 Å². The Hall–Kier alpha value is -0.440. The van der Waals surface area contributed by atoms with E-state index in [4.69, 9.17) is 23.2 Å². The summed E-state index contributed by atoms with van der Waals surface area (Å²) in [4.78, 5) is 0. The Morgan fingerprint density at radius 1 is 1.13 bits per heavy atom. The van der Waals surface area contributed by atoms with Gasteiger partial charge in [-0.05, 0) is 31.2 Å². The van der Waals surface area contributed by atoms with Crippen LogP contribution in [0.15, 0.2) is 18.2 Å². The molecule has 0 aliphatic carbocycles. The SMILES string of the molecule is CCCNCCNc1cc(Cl)ccc1Cl. The second-order valence-electron chi connectivity index (χ2n) is 3.30. The highest BCUT2D eigenvalue weighted by molar-refractivity contribution is 6.35. The fourth-order valence-electron chi connectivity index (χ4n) is 1.22. The first-order valence-corrected chi connectivity index (χ1v) is 5.89. The zero-order valence-corrected chi connectivity index (χ0v) is 10.3. The molecule has 0 amide bonds. The third kappa shape index (κ3) is 4.74. The molecule has 0 saturated heterocycles. The fraction of sp³-hybridized carbons (Fsp3) is 0.455. The monoisotopic (exact) mass is 246 g/mol. The average Bonchev–Trinajstić information content (AvgIpc) is 2.23. The van der Waals surface area contributed by atoms with Crippen LogP contribution in [0, 0.1) is 0 Å². The Bertz CT molecular complexity index is 303. The van der Waals surface area contributed by atoms with Gasteiger partial charge >= 0.3 is 0 Å². The lowest BCUT2D eigenvalue weighted by atomic mass is 10.3. The molecule has 84 valence electrons. The molecule has 0 saturated carbocycles. The molecule has 0 radical (unpaired) electrons. The average molecular weight is 247 g/mol. The summed E-state index contributed by atoms with van der Waals surface area (Å²) in [6.45, 7) is 4.97. The summed E-state index contributed by atoms with van der Waals surface area (Å²) in [6, 6.07) is 5.42. The predicted octanol–water partition coefficient (Wildman–Crippen LogP) is 3.40. The minimum atomic E-state index is 0.698. The van der Waals surface area contributed by atoms with Gasteiger partial charge in [0, 0.05) is 18.1 Å². The standard InChI is InChI=1S/C11H16Cl2N2/c1-2-5-14-6-7-15-11-8-9(12)3-4-10(11)13/h3-4,8,14-15H,2,5-7H2,1H3. The number of rotatable bonds is 6. The van der Waals surface area contributed by atoms with E-state index in [9.17, 15) is 0 Å². The summed E-state index contributed by atoms with van der Waals surface area (Å²) in [6.07, 6.45) is 1.15. The molecule has 0 bridgehead atoms. The third-order valence-corrected chi connectivity index (χ3v) is 2.54. The molecule has 0 unspecified atom stereocenters. The van der Waals surface area contributed by atoms with Crippen molar-refractivity contribution in [2.45, 2.75) is 13.3 Å². The van der Waals surface area contributed by atoms with Crippen molar-refractivity contribution in [3.8, 4) is 0 Å². The lowest BCUT2D eigenvalue weighted by molar-refractivity contribution is 0.688. The molecule has 1 aromatic carbocycles. The van der Waals surface area contributed by atoms with Crippen LogP contribution in [0.3, 0.4) is 0 Å². The van der Waals surface area contributed by atoms with Crippen LogP contribution < -0.4 is 10.6 Å². The number of hydrogen-bond donors (Lipinski definition) is 2. The third-order valence-electron chi connectivity index (χ3n) is 1.97. The maximum Gasteiger partial charge on any atom is 0.0638 e. The highest BCUT2D eigenvalue weighted by Gasteiger charge is 1.99. The molecule has 0 aliphatic rings. The Morgan fingerprint density at radius 3 is 2.67 bits per heavy atom. The van der Waals surface area contributed by atoms with Crippen LogP contribution in [0.4, 0.5) is 5.69 Å². The summed E-state index contributed by atoms with van der Waals surface area (Å²) in [5.74, 6) is 0. The smallest absolute Gasteiger partial charge is 0.0638 e. The van der Waals surface area contributed by atoms with Gasteiger partial charge in [0.25, 0.3) is 0 Å². The van der Waals surface area contributed by atoms with E-state index in [1.165, 1.54) is 0 Å². The summed E-state index contributed by atoms with van der Waals surface area (Å²) >= 11 is 11.9. The fourth-order valence-corrected chi connectivity index (χ4v) is 1.58. The highest BCUT2D eigenvalue weighted by Crippen LogP contribution is 2.24. The number of halogens is 2. The van der Waals surface area contributed by atoms with E-state index in [1.54, 1.807) is 12.1 Å². The van der Waals surface area contributed by atoms with E-state index < -0.39 is 0 Å². The maximum atomic E-state index is 5.99. The van der Waals surface area contributed by atoms with E-state index >= 15 is 0 Å². The summed E-state index contributed by atoms with van der Waals surface area (Å²) in [7, 11) is 0. The van der Waals surface area contributed by atoms with Gasteiger partial charge in [-0.25, -0.2) is 0 Å². The molecular weight excluding hydrogens is 231 g/mol.